The van der Waals surface area contributed by atoms with Crippen LogP contribution in [0, 0.1) is 0 Å². The number of hydrogen-bond acceptors (Lipinski definition) is 3. The molecule has 1 aromatic carbocycles. The van der Waals surface area contributed by atoms with Gasteiger partial charge in [0.25, 0.3) is 0 Å². The van der Waals surface area contributed by atoms with E-state index in [1.807, 2.05) is 0 Å². The molecule has 0 spiro atoms. The van der Waals surface area contributed by atoms with Gasteiger partial charge >= 0.3 is 0 Å². The van der Waals surface area contributed by atoms with Gasteiger partial charge in [-0.3, -0.25) is 0 Å². The Kier molecular flexibility index (Phi) is 3.27. The molecule has 1 aromatic rings. The van der Waals surface area contributed by atoms with Crippen molar-refractivity contribution in [3.05, 3.63) is 29.3 Å². The molecule has 0 fully saturated rings. The van der Waals surface area contributed by atoms with Crippen molar-refractivity contribution >= 4 is 21.6 Å². The van der Waals surface area contributed by atoms with Crippen molar-refractivity contribution in [1.82, 2.24) is 4.72 Å². The molecule has 4 nitrogen and oxygen atoms in total. The Labute approximate surface area is 81.8 Å². The smallest absolute Gasteiger partial charge is 0.241 e. The van der Waals surface area contributed by atoms with Crippen LogP contribution >= 0.6 is 11.6 Å². The number of rotatable bonds is 3. The fraction of sp³-hybridized carbons (Fsp3) is 0.143. The molecule has 3 N–H and O–H groups in total. The van der Waals surface area contributed by atoms with Crippen LogP contribution in [-0.4, -0.2) is 15.1 Å². The summed E-state index contributed by atoms with van der Waals surface area (Å²) in [5, 5.41) is 0.492. The molecule has 72 valence electrons. The molecule has 0 aromatic heterocycles. The van der Waals surface area contributed by atoms with Gasteiger partial charge in [0.15, 0.2) is 0 Å². The topological polar surface area (TPSA) is 72.2 Å². The maximum atomic E-state index is 11.3. The van der Waals surface area contributed by atoms with E-state index in [9.17, 15) is 8.42 Å². The van der Waals surface area contributed by atoms with Gasteiger partial charge in [-0.25, -0.2) is 8.42 Å². The predicted octanol–water partition coefficient (Wildman–Crippen LogP) is 0.535. The van der Waals surface area contributed by atoms with Crippen LogP contribution in [0.3, 0.4) is 0 Å². The zero-order chi connectivity index (χ0) is 9.90. The third kappa shape index (κ3) is 2.67. The zero-order valence-electron chi connectivity index (χ0n) is 6.70. The van der Waals surface area contributed by atoms with Crippen LogP contribution in [0.2, 0.25) is 5.02 Å². The Hall–Kier alpha value is -0.620. The van der Waals surface area contributed by atoms with Crippen LogP contribution in [0.5, 0.6) is 0 Å². The third-order valence-corrected chi connectivity index (χ3v) is 3.09. The average Bonchev–Trinajstić information content (AvgIpc) is 2.05. The largest absolute Gasteiger partial charge is 0.318 e. The number of hydrogen-bond donors (Lipinski definition) is 2. The summed E-state index contributed by atoms with van der Waals surface area (Å²) in [5.41, 5.74) is 5.07. The lowest BCUT2D eigenvalue weighted by molar-refractivity contribution is 0.583. The number of halogens is 1. The summed E-state index contributed by atoms with van der Waals surface area (Å²) in [4.78, 5) is 0.155. The number of nitrogens with two attached hydrogens (primary N) is 1. The van der Waals surface area contributed by atoms with Crippen molar-refractivity contribution < 1.29 is 8.42 Å². The Bertz CT molecular complexity index is 374. The van der Waals surface area contributed by atoms with Crippen LogP contribution in [0.15, 0.2) is 29.2 Å². The minimum Gasteiger partial charge on any atom is -0.318 e. The minimum absolute atomic E-state index is 0.120. The molecule has 0 atom stereocenters. The normalized spacial score (nSPS) is 11.5. The lowest BCUT2D eigenvalue weighted by Crippen LogP contribution is -2.29. The molecule has 0 radical (unpaired) electrons. The van der Waals surface area contributed by atoms with Gasteiger partial charge in [0.1, 0.15) is 0 Å². The van der Waals surface area contributed by atoms with Crippen LogP contribution in [0.25, 0.3) is 0 Å². The van der Waals surface area contributed by atoms with E-state index in [2.05, 4.69) is 4.72 Å². The van der Waals surface area contributed by atoms with E-state index in [4.69, 9.17) is 17.3 Å². The van der Waals surface area contributed by atoms with Crippen molar-refractivity contribution in [3.63, 3.8) is 0 Å². The molecule has 0 bridgehead atoms. The van der Waals surface area contributed by atoms with Gasteiger partial charge in [-0.1, -0.05) is 11.6 Å². The zero-order valence-corrected chi connectivity index (χ0v) is 8.27. The van der Waals surface area contributed by atoms with Crippen molar-refractivity contribution in [2.45, 2.75) is 4.90 Å². The van der Waals surface area contributed by atoms with Gasteiger partial charge in [0.2, 0.25) is 10.0 Å². The summed E-state index contributed by atoms with van der Waals surface area (Å²) in [6, 6.07) is 5.85. The minimum atomic E-state index is -3.46. The van der Waals surface area contributed by atoms with Crippen LogP contribution < -0.4 is 10.5 Å². The second-order valence-electron chi connectivity index (χ2n) is 2.31. The molecular weight excluding hydrogens is 212 g/mol. The summed E-state index contributed by atoms with van der Waals surface area (Å²) in [6.07, 6.45) is 0. The maximum Gasteiger partial charge on any atom is 0.241 e. The van der Waals surface area contributed by atoms with Crippen molar-refractivity contribution in [1.29, 1.82) is 0 Å². The molecule has 13 heavy (non-hydrogen) atoms. The van der Waals surface area contributed by atoms with E-state index in [0.29, 0.717) is 5.02 Å². The Morgan fingerprint density at radius 2 is 1.85 bits per heavy atom. The van der Waals surface area contributed by atoms with Gasteiger partial charge in [-0.2, -0.15) is 4.72 Å². The molecule has 6 heteroatoms. The van der Waals surface area contributed by atoms with Gasteiger partial charge in [0, 0.05) is 5.02 Å². The van der Waals surface area contributed by atoms with E-state index >= 15 is 0 Å². The summed E-state index contributed by atoms with van der Waals surface area (Å²) < 4.78 is 24.8. The van der Waals surface area contributed by atoms with Crippen molar-refractivity contribution in [2.24, 2.45) is 5.73 Å². The van der Waals surface area contributed by atoms with Gasteiger partial charge in [-0.05, 0) is 24.3 Å². The monoisotopic (exact) mass is 220 g/mol. The second kappa shape index (κ2) is 4.06. The van der Waals surface area contributed by atoms with E-state index < -0.39 is 10.0 Å². The molecule has 0 aliphatic rings. The Morgan fingerprint density at radius 1 is 1.31 bits per heavy atom. The Morgan fingerprint density at radius 3 is 2.31 bits per heavy atom. The quantitative estimate of drug-likeness (QED) is 0.731. The van der Waals surface area contributed by atoms with Crippen LogP contribution in [-0.2, 0) is 10.0 Å². The molecule has 0 aliphatic carbocycles. The van der Waals surface area contributed by atoms with Crippen molar-refractivity contribution in [2.75, 3.05) is 6.67 Å². The predicted molar refractivity (Wildman–Crippen MR) is 50.8 cm³/mol. The first-order valence-electron chi connectivity index (χ1n) is 3.51. The fourth-order valence-electron chi connectivity index (χ4n) is 0.807. The van der Waals surface area contributed by atoms with Crippen LogP contribution in [0.4, 0.5) is 0 Å². The van der Waals surface area contributed by atoms with E-state index in [1.165, 1.54) is 24.3 Å². The fourth-order valence-corrected chi connectivity index (χ4v) is 1.81. The molecule has 0 heterocycles. The summed E-state index contributed by atoms with van der Waals surface area (Å²) in [7, 11) is -3.46. The standard InChI is InChI=1S/C7H9ClN2O2S/c8-6-1-3-7(4-2-6)13(11,12)10-5-9/h1-4,10H,5,9H2. The first-order chi connectivity index (χ1) is 6.06. The lowest BCUT2D eigenvalue weighted by atomic mass is 10.4. The van der Waals surface area contributed by atoms with Gasteiger partial charge in [0.05, 0.1) is 11.6 Å². The molecule has 0 amide bonds. The van der Waals surface area contributed by atoms with Gasteiger partial charge < -0.3 is 5.73 Å². The molecular formula is C7H9ClN2O2S. The Balaban J connectivity index is 3.02. The summed E-state index contributed by atoms with van der Waals surface area (Å²) >= 11 is 5.60. The highest BCUT2D eigenvalue weighted by Gasteiger charge is 2.11. The molecule has 0 saturated heterocycles. The summed E-state index contributed by atoms with van der Waals surface area (Å²) in [5.74, 6) is 0. The molecule has 1 rings (SSSR count). The first kappa shape index (κ1) is 10.5. The molecule has 0 saturated carbocycles. The highest BCUT2D eigenvalue weighted by atomic mass is 35.5. The van der Waals surface area contributed by atoms with E-state index in [1.54, 1.807) is 0 Å². The number of nitrogens with one attached hydrogen (secondary N) is 1. The maximum absolute atomic E-state index is 11.3. The molecule has 0 unspecified atom stereocenters. The highest BCUT2D eigenvalue weighted by molar-refractivity contribution is 7.89. The lowest BCUT2D eigenvalue weighted by Gasteiger charge is -2.03. The van der Waals surface area contributed by atoms with Gasteiger partial charge in [-0.15, -0.1) is 0 Å². The SMILES string of the molecule is NCNS(=O)(=O)c1ccc(Cl)cc1. The number of benzene rings is 1. The molecule has 0 aliphatic heterocycles. The number of sulfonamides is 1. The summed E-state index contributed by atoms with van der Waals surface area (Å²) in [6.45, 7) is -0.120. The highest BCUT2D eigenvalue weighted by Crippen LogP contribution is 2.13. The third-order valence-electron chi connectivity index (χ3n) is 1.40. The van der Waals surface area contributed by atoms with E-state index in [0.717, 1.165) is 0 Å². The van der Waals surface area contributed by atoms with E-state index in [-0.39, 0.29) is 11.6 Å². The second-order valence-corrected chi connectivity index (χ2v) is 4.51. The first-order valence-corrected chi connectivity index (χ1v) is 5.37. The van der Waals surface area contributed by atoms with Crippen LogP contribution in [0.1, 0.15) is 0 Å². The van der Waals surface area contributed by atoms with Crippen molar-refractivity contribution in [3.8, 4) is 0 Å². The average molecular weight is 221 g/mol.